The summed E-state index contributed by atoms with van der Waals surface area (Å²) in [6, 6.07) is 8.49. The van der Waals surface area contributed by atoms with Crippen LogP contribution in [0, 0.1) is 18.8 Å². The van der Waals surface area contributed by atoms with Crippen molar-refractivity contribution in [3.8, 4) is 0 Å². The Bertz CT molecular complexity index is 524. The molecule has 1 aliphatic heterocycles. The molecule has 0 radical (unpaired) electrons. The van der Waals surface area contributed by atoms with Crippen molar-refractivity contribution in [2.24, 2.45) is 16.8 Å². The summed E-state index contributed by atoms with van der Waals surface area (Å²) in [5, 5.41) is 6.95. The normalized spacial score (nSPS) is 19.5. The van der Waals surface area contributed by atoms with E-state index in [-0.39, 0.29) is 0 Å². The monoisotopic (exact) mass is 330 g/mol. The summed E-state index contributed by atoms with van der Waals surface area (Å²) in [5.41, 5.74) is 2.64. The molecule has 2 rings (SSSR count). The number of aryl methyl sites for hydroxylation is 1. The predicted molar refractivity (Wildman–Crippen MR) is 103 cm³/mol. The number of likely N-dealkylation sites (tertiary alicyclic amines) is 1. The maximum atomic E-state index is 4.37. The minimum atomic E-state index is 0.717. The highest BCUT2D eigenvalue weighted by molar-refractivity contribution is 5.79. The van der Waals surface area contributed by atoms with Gasteiger partial charge in [0.25, 0.3) is 0 Å². The van der Waals surface area contributed by atoms with Crippen molar-refractivity contribution < 1.29 is 0 Å². The van der Waals surface area contributed by atoms with E-state index in [0.29, 0.717) is 0 Å². The zero-order chi connectivity index (χ0) is 17.4. The Kier molecular flexibility index (Phi) is 7.57. The molecule has 2 N–H and O–H groups in total. The van der Waals surface area contributed by atoms with Gasteiger partial charge in [0, 0.05) is 33.2 Å². The van der Waals surface area contributed by atoms with Crippen LogP contribution in [-0.4, -0.2) is 44.1 Å². The van der Waals surface area contributed by atoms with E-state index in [9.17, 15) is 0 Å². The van der Waals surface area contributed by atoms with Crippen LogP contribution in [-0.2, 0) is 6.54 Å². The number of guanidine groups is 1. The second-order valence-electron chi connectivity index (χ2n) is 7.39. The van der Waals surface area contributed by atoms with Gasteiger partial charge < -0.3 is 15.5 Å². The fourth-order valence-electron chi connectivity index (χ4n) is 3.45. The number of aliphatic imine (C=N–C) groups is 1. The molecule has 1 unspecified atom stereocenters. The first-order valence-electron chi connectivity index (χ1n) is 9.30. The zero-order valence-corrected chi connectivity index (χ0v) is 15.8. The molecule has 1 atom stereocenters. The molecule has 0 aliphatic carbocycles. The summed E-state index contributed by atoms with van der Waals surface area (Å²) in [4.78, 5) is 6.98. The number of nitrogens with one attached hydrogen (secondary N) is 2. The Labute approximate surface area is 147 Å². The molecule has 0 aromatic heterocycles. The van der Waals surface area contributed by atoms with Crippen LogP contribution in [0.5, 0.6) is 0 Å². The maximum Gasteiger partial charge on any atom is 0.191 e. The number of nitrogens with zero attached hydrogens (tertiary/aromatic N) is 2. The maximum absolute atomic E-state index is 4.37. The second-order valence-corrected chi connectivity index (χ2v) is 7.39. The molecule has 4 nitrogen and oxygen atoms in total. The molecule has 1 aromatic carbocycles. The first-order valence-corrected chi connectivity index (χ1v) is 9.30. The molecule has 0 amide bonds. The molecule has 24 heavy (non-hydrogen) atoms. The first kappa shape index (κ1) is 18.8. The van der Waals surface area contributed by atoms with Gasteiger partial charge in [-0.2, -0.15) is 0 Å². The molecule has 0 spiro atoms. The van der Waals surface area contributed by atoms with Gasteiger partial charge in [-0.3, -0.25) is 4.99 Å². The fraction of sp³-hybridized carbons (Fsp3) is 0.650. The minimum Gasteiger partial charge on any atom is -0.356 e. The van der Waals surface area contributed by atoms with E-state index in [1.807, 2.05) is 7.05 Å². The lowest BCUT2D eigenvalue weighted by Crippen LogP contribution is -2.45. The van der Waals surface area contributed by atoms with E-state index < -0.39 is 0 Å². The van der Waals surface area contributed by atoms with Gasteiger partial charge in [-0.05, 0) is 49.3 Å². The highest BCUT2D eigenvalue weighted by Crippen LogP contribution is 2.16. The Balaban J connectivity index is 1.76. The summed E-state index contributed by atoms with van der Waals surface area (Å²) in [6.07, 6.45) is 2.63. The summed E-state index contributed by atoms with van der Waals surface area (Å²) < 4.78 is 0. The lowest BCUT2D eigenvalue weighted by atomic mass is 9.97. The van der Waals surface area contributed by atoms with Gasteiger partial charge in [-0.25, -0.2) is 0 Å². The van der Waals surface area contributed by atoms with Crippen LogP contribution in [0.2, 0.25) is 0 Å². The van der Waals surface area contributed by atoms with E-state index in [4.69, 9.17) is 0 Å². The van der Waals surface area contributed by atoms with Crippen LogP contribution < -0.4 is 10.6 Å². The zero-order valence-electron chi connectivity index (χ0n) is 15.8. The van der Waals surface area contributed by atoms with E-state index >= 15 is 0 Å². The third-order valence-corrected chi connectivity index (χ3v) is 4.72. The summed E-state index contributed by atoms with van der Waals surface area (Å²) in [7, 11) is 1.85. The van der Waals surface area contributed by atoms with Crippen LogP contribution in [0.15, 0.2) is 29.3 Å². The van der Waals surface area contributed by atoms with Crippen molar-refractivity contribution in [2.75, 3.05) is 33.2 Å². The molecule has 0 saturated carbocycles. The third kappa shape index (κ3) is 6.16. The third-order valence-electron chi connectivity index (χ3n) is 4.72. The molecular weight excluding hydrogens is 296 g/mol. The number of hydrogen-bond donors (Lipinski definition) is 2. The molecule has 1 aliphatic rings. The molecule has 1 aromatic rings. The molecule has 1 fully saturated rings. The Morgan fingerprint density at radius 3 is 2.79 bits per heavy atom. The van der Waals surface area contributed by atoms with Crippen molar-refractivity contribution in [1.82, 2.24) is 15.5 Å². The minimum absolute atomic E-state index is 0.717. The molecule has 134 valence electrons. The number of rotatable bonds is 6. The average molecular weight is 331 g/mol. The number of benzene rings is 1. The van der Waals surface area contributed by atoms with E-state index in [1.165, 1.54) is 43.6 Å². The van der Waals surface area contributed by atoms with Crippen molar-refractivity contribution in [3.63, 3.8) is 0 Å². The Morgan fingerprint density at radius 1 is 1.29 bits per heavy atom. The van der Waals surface area contributed by atoms with E-state index in [1.54, 1.807) is 0 Å². The van der Waals surface area contributed by atoms with Gasteiger partial charge in [-0.15, -0.1) is 0 Å². The van der Waals surface area contributed by atoms with Gasteiger partial charge in [-0.1, -0.05) is 38.1 Å². The first-order chi connectivity index (χ1) is 11.6. The van der Waals surface area contributed by atoms with Crippen LogP contribution >= 0.6 is 0 Å². The topological polar surface area (TPSA) is 39.7 Å². The van der Waals surface area contributed by atoms with Gasteiger partial charge >= 0.3 is 0 Å². The Morgan fingerprint density at radius 2 is 2.08 bits per heavy atom. The molecular formula is C20H34N4. The SMILES string of the molecule is CN=C(NCc1ccccc1C)NCC1CCCN(CC(C)C)C1. The second kappa shape index (κ2) is 9.67. The van der Waals surface area contributed by atoms with Gasteiger partial charge in [0.1, 0.15) is 0 Å². The van der Waals surface area contributed by atoms with Crippen LogP contribution in [0.1, 0.15) is 37.8 Å². The van der Waals surface area contributed by atoms with Crippen LogP contribution in [0.4, 0.5) is 0 Å². The quantitative estimate of drug-likeness (QED) is 0.622. The molecule has 0 bridgehead atoms. The highest BCUT2D eigenvalue weighted by atomic mass is 15.2. The van der Waals surface area contributed by atoms with Crippen molar-refractivity contribution in [1.29, 1.82) is 0 Å². The van der Waals surface area contributed by atoms with Crippen molar-refractivity contribution in [2.45, 2.75) is 40.2 Å². The van der Waals surface area contributed by atoms with E-state index in [2.05, 4.69) is 65.6 Å². The lowest BCUT2D eigenvalue weighted by Gasteiger charge is -2.34. The van der Waals surface area contributed by atoms with Gasteiger partial charge in [0.05, 0.1) is 0 Å². The molecule has 1 saturated heterocycles. The Hall–Kier alpha value is -1.55. The van der Waals surface area contributed by atoms with Gasteiger partial charge in [0.15, 0.2) is 5.96 Å². The van der Waals surface area contributed by atoms with Crippen molar-refractivity contribution in [3.05, 3.63) is 35.4 Å². The standard InChI is InChI=1S/C20H34N4/c1-16(2)14-24-11-7-9-18(15-24)12-22-20(21-4)23-13-19-10-6-5-8-17(19)3/h5-6,8,10,16,18H,7,9,11-15H2,1-4H3,(H2,21,22,23). The molecule has 4 heteroatoms. The average Bonchev–Trinajstić information content (AvgIpc) is 2.56. The smallest absolute Gasteiger partial charge is 0.191 e. The van der Waals surface area contributed by atoms with Crippen LogP contribution in [0.25, 0.3) is 0 Å². The summed E-state index contributed by atoms with van der Waals surface area (Å²) in [5.74, 6) is 2.37. The number of piperidine rings is 1. The van der Waals surface area contributed by atoms with E-state index in [0.717, 1.165) is 30.9 Å². The number of hydrogen-bond acceptors (Lipinski definition) is 2. The van der Waals surface area contributed by atoms with Crippen LogP contribution in [0.3, 0.4) is 0 Å². The lowest BCUT2D eigenvalue weighted by molar-refractivity contribution is 0.159. The van der Waals surface area contributed by atoms with Crippen molar-refractivity contribution >= 4 is 5.96 Å². The largest absolute Gasteiger partial charge is 0.356 e. The highest BCUT2D eigenvalue weighted by Gasteiger charge is 2.20. The van der Waals surface area contributed by atoms with Gasteiger partial charge in [0.2, 0.25) is 0 Å². The fourth-order valence-corrected chi connectivity index (χ4v) is 3.45. The molecule has 1 heterocycles. The summed E-state index contributed by atoms with van der Waals surface area (Å²) in [6.45, 7) is 12.3. The predicted octanol–water partition coefficient (Wildman–Crippen LogP) is 3.03. The summed E-state index contributed by atoms with van der Waals surface area (Å²) >= 11 is 0.